The van der Waals surface area contributed by atoms with Crippen LogP contribution in [0.5, 0.6) is 0 Å². The van der Waals surface area contributed by atoms with Crippen LogP contribution >= 0.6 is 0 Å². The molecular weight excluding hydrogens is 242 g/mol. The van der Waals surface area contributed by atoms with Crippen LogP contribution in [-0.4, -0.2) is 30.9 Å². The van der Waals surface area contributed by atoms with Crippen molar-refractivity contribution in [2.75, 3.05) is 13.2 Å². The summed E-state index contributed by atoms with van der Waals surface area (Å²) in [4.78, 5) is 12.1. The number of ether oxygens (including phenoxy) is 2. The van der Waals surface area contributed by atoms with Crippen molar-refractivity contribution in [3.63, 3.8) is 0 Å². The van der Waals surface area contributed by atoms with E-state index < -0.39 is 5.79 Å². The summed E-state index contributed by atoms with van der Waals surface area (Å²) < 4.78 is 11.1. The number of amides is 1. The Kier molecular flexibility index (Phi) is 3.07. The Balaban J connectivity index is 1.51. The Morgan fingerprint density at radius 3 is 2.89 bits per heavy atom. The molecule has 102 valence electrons. The van der Waals surface area contributed by atoms with Crippen LogP contribution in [-0.2, 0) is 20.7 Å². The van der Waals surface area contributed by atoms with Crippen molar-refractivity contribution in [3.8, 4) is 0 Å². The van der Waals surface area contributed by atoms with Gasteiger partial charge >= 0.3 is 0 Å². The molecule has 0 aromatic heterocycles. The van der Waals surface area contributed by atoms with Gasteiger partial charge in [-0.2, -0.15) is 0 Å². The molecule has 4 heteroatoms. The van der Waals surface area contributed by atoms with Crippen molar-refractivity contribution in [1.29, 1.82) is 0 Å². The van der Waals surface area contributed by atoms with Gasteiger partial charge in [-0.05, 0) is 31.4 Å². The second-order valence-electron chi connectivity index (χ2n) is 5.65. The molecule has 1 saturated heterocycles. The predicted octanol–water partition coefficient (Wildman–Crippen LogP) is 1.59. The van der Waals surface area contributed by atoms with Gasteiger partial charge in [0.1, 0.15) is 6.10 Å². The van der Waals surface area contributed by atoms with E-state index in [0.717, 1.165) is 12.0 Å². The second kappa shape index (κ2) is 4.62. The standard InChI is InChI=1S/C15H19NO3/c1-15(2)18-9-11(19-15)8-16-14(17)13-7-10-5-3-4-6-12(10)13/h3-6,11,13H,7-9H2,1-2H3,(H,16,17). The monoisotopic (exact) mass is 261 g/mol. The van der Waals surface area contributed by atoms with Crippen LogP contribution < -0.4 is 5.32 Å². The molecule has 2 unspecified atom stereocenters. The van der Waals surface area contributed by atoms with Gasteiger partial charge in [0.05, 0.1) is 12.5 Å². The second-order valence-corrected chi connectivity index (χ2v) is 5.65. The molecule has 1 amide bonds. The largest absolute Gasteiger partial charge is 0.353 e. The van der Waals surface area contributed by atoms with E-state index in [-0.39, 0.29) is 17.9 Å². The van der Waals surface area contributed by atoms with Crippen LogP contribution in [0.1, 0.15) is 30.9 Å². The molecule has 1 fully saturated rings. The van der Waals surface area contributed by atoms with Crippen LogP contribution in [0.2, 0.25) is 0 Å². The summed E-state index contributed by atoms with van der Waals surface area (Å²) in [6.45, 7) is 4.82. The average molecular weight is 261 g/mol. The Morgan fingerprint density at radius 1 is 1.42 bits per heavy atom. The highest BCUT2D eigenvalue weighted by molar-refractivity contribution is 5.86. The van der Waals surface area contributed by atoms with E-state index in [4.69, 9.17) is 9.47 Å². The van der Waals surface area contributed by atoms with Crippen molar-refractivity contribution in [3.05, 3.63) is 35.4 Å². The summed E-state index contributed by atoms with van der Waals surface area (Å²) in [7, 11) is 0. The van der Waals surface area contributed by atoms with E-state index in [0.29, 0.717) is 13.2 Å². The lowest BCUT2D eigenvalue weighted by Crippen LogP contribution is -2.40. The van der Waals surface area contributed by atoms with Crippen molar-refractivity contribution in [2.45, 2.75) is 38.1 Å². The minimum Gasteiger partial charge on any atom is -0.353 e. The Hall–Kier alpha value is -1.39. The number of carbonyl (C=O) groups is 1. The maximum absolute atomic E-state index is 12.1. The molecule has 4 nitrogen and oxygen atoms in total. The van der Waals surface area contributed by atoms with E-state index in [1.165, 1.54) is 5.56 Å². The quantitative estimate of drug-likeness (QED) is 0.899. The third-order valence-electron chi connectivity index (χ3n) is 3.74. The Labute approximate surface area is 113 Å². The molecule has 0 bridgehead atoms. The summed E-state index contributed by atoms with van der Waals surface area (Å²) >= 11 is 0. The predicted molar refractivity (Wildman–Crippen MR) is 70.8 cm³/mol. The topological polar surface area (TPSA) is 47.6 Å². The number of nitrogens with one attached hydrogen (secondary N) is 1. The summed E-state index contributed by atoms with van der Waals surface area (Å²) in [5.41, 5.74) is 2.44. The molecule has 2 atom stereocenters. The first-order valence-corrected chi connectivity index (χ1v) is 6.72. The fourth-order valence-corrected chi connectivity index (χ4v) is 2.69. The van der Waals surface area contributed by atoms with Crippen molar-refractivity contribution in [2.24, 2.45) is 0 Å². The molecule has 19 heavy (non-hydrogen) atoms. The lowest BCUT2D eigenvalue weighted by atomic mass is 9.77. The lowest BCUT2D eigenvalue weighted by Gasteiger charge is -2.29. The van der Waals surface area contributed by atoms with Gasteiger partial charge in [0, 0.05) is 6.54 Å². The molecule has 3 rings (SSSR count). The average Bonchev–Trinajstić information content (AvgIpc) is 2.68. The maximum atomic E-state index is 12.1. The highest BCUT2D eigenvalue weighted by atomic mass is 16.7. The van der Waals surface area contributed by atoms with Crippen LogP contribution in [0.25, 0.3) is 0 Å². The van der Waals surface area contributed by atoms with E-state index in [2.05, 4.69) is 11.4 Å². The van der Waals surface area contributed by atoms with E-state index in [1.54, 1.807) is 0 Å². The van der Waals surface area contributed by atoms with Crippen LogP contribution in [0.3, 0.4) is 0 Å². The van der Waals surface area contributed by atoms with Gasteiger partial charge in [-0.15, -0.1) is 0 Å². The normalized spacial score (nSPS) is 27.5. The molecular formula is C15H19NO3. The molecule has 1 N–H and O–H groups in total. The van der Waals surface area contributed by atoms with Crippen molar-refractivity contribution >= 4 is 5.91 Å². The number of carbonyl (C=O) groups excluding carboxylic acids is 1. The van der Waals surface area contributed by atoms with Crippen molar-refractivity contribution < 1.29 is 14.3 Å². The number of hydrogen-bond acceptors (Lipinski definition) is 3. The summed E-state index contributed by atoms with van der Waals surface area (Å²) in [6, 6.07) is 8.10. The summed E-state index contributed by atoms with van der Waals surface area (Å²) in [5.74, 6) is -0.433. The highest BCUT2D eigenvalue weighted by Gasteiger charge is 2.35. The number of benzene rings is 1. The van der Waals surface area contributed by atoms with Gasteiger partial charge in [-0.1, -0.05) is 24.3 Å². The zero-order valence-electron chi connectivity index (χ0n) is 11.3. The van der Waals surface area contributed by atoms with Crippen LogP contribution in [0, 0.1) is 0 Å². The van der Waals surface area contributed by atoms with Crippen molar-refractivity contribution in [1.82, 2.24) is 5.32 Å². The molecule has 0 radical (unpaired) electrons. The molecule has 0 spiro atoms. The lowest BCUT2D eigenvalue weighted by molar-refractivity contribution is -0.139. The molecule has 0 saturated carbocycles. The first-order chi connectivity index (χ1) is 9.05. The zero-order valence-corrected chi connectivity index (χ0v) is 11.3. The van der Waals surface area contributed by atoms with Crippen LogP contribution in [0.15, 0.2) is 24.3 Å². The minimum atomic E-state index is -0.529. The SMILES string of the molecule is CC1(C)OCC(CNC(=O)C2Cc3ccccc32)O1. The van der Waals surface area contributed by atoms with Gasteiger partial charge in [0.25, 0.3) is 0 Å². The Bertz CT molecular complexity index is 498. The van der Waals surface area contributed by atoms with Gasteiger partial charge in [-0.3, -0.25) is 4.79 Å². The zero-order chi connectivity index (χ0) is 13.5. The van der Waals surface area contributed by atoms with E-state index in [1.807, 2.05) is 32.0 Å². The fourth-order valence-electron chi connectivity index (χ4n) is 2.69. The molecule has 1 heterocycles. The van der Waals surface area contributed by atoms with Crippen LogP contribution in [0.4, 0.5) is 0 Å². The third kappa shape index (κ3) is 2.51. The Morgan fingerprint density at radius 2 is 2.21 bits per heavy atom. The summed E-state index contributed by atoms with van der Waals surface area (Å²) in [5, 5.41) is 2.96. The van der Waals surface area contributed by atoms with Gasteiger partial charge in [0.15, 0.2) is 5.79 Å². The molecule has 1 aromatic rings. The highest BCUT2D eigenvalue weighted by Crippen LogP contribution is 2.34. The van der Waals surface area contributed by atoms with E-state index in [9.17, 15) is 4.79 Å². The molecule has 2 aliphatic rings. The van der Waals surface area contributed by atoms with Gasteiger partial charge in [-0.25, -0.2) is 0 Å². The number of fused-ring (bicyclic) bond motifs is 1. The first kappa shape index (κ1) is 12.6. The molecule has 1 aliphatic carbocycles. The van der Waals surface area contributed by atoms with E-state index >= 15 is 0 Å². The smallest absolute Gasteiger partial charge is 0.227 e. The minimum absolute atomic E-state index is 0.00605. The molecule has 1 aromatic carbocycles. The third-order valence-corrected chi connectivity index (χ3v) is 3.74. The number of hydrogen-bond donors (Lipinski definition) is 1. The number of rotatable bonds is 3. The fraction of sp³-hybridized carbons (Fsp3) is 0.533. The summed E-state index contributed by atoms with van der Waals surface area (Å²) in [6.07, 6.45) is 0.796. The first-order valence-electron chi connectivity index (χ1n) is 6.72. The van der Waals surface area contributed by atoms with Gasteiger partial charge in [0.2, 0.25) is 5.91 Å². The van der Waals surface area contributed by atoms with Gasteiger partial charge < -0.3 is 14.8 Å². The maximum Gasteiger partial charge on any atom is 0.227 e. The molecule has 1 aliphatic heterocycles.